The maximum atomic E-state index is 13.5. The van der Waals surface area contributed by atoms with Crippen LogP contribution >= 0.6 is 11.6 Å². The third-order valence-electron chi connectivity index (χ3n) is 5.96. The molecule has 2 saturated heterocycles. The summed E-state index contributed by atoms with van der Waals surface area (Å²) < 4.78 is 33.8. The summed E-state index contributed by atoms with van der Waals surface area (Å²) in [4.78, 5) is 14.7. The molecule has 2 aromatic rings. The van der Waals surface area contributed by atoms with Gasteiger partial charge in [-0.15, -0.1) is 0 Å². The highest BCUT2D eigenvalue weighted by Gasteiger charge is 2.47. The normalized spacial score (nSPS) is 21.8. The number of benzene rings is 2. The van der Waals surface area contributed by atoms with Crippen LogP contribution in [0.15, 0.2) is 47.4 Å². The van der Waals surface area contributed by atoms with Crippen molar-refractivity contribution in [1.29, 1.82) is 0 Å². The number of carbonyl (C=O) groups is 1. The van der Waals surface area contributed by atoms with Crippen LogP contribution in [-0.2, 0) is 14.8 Å². The summed E-state index contributed by atoms with van der Waals surface area (Å²) in [5.41, 5.74) is 1.80. The summed E-state index contributed by atoms with van der Waals surface area (Å²) in [6.45, 7) is 3.21. The highest BCUT2D eigenvalue weighted by atomic mass is 35.5. The molecule has 0 saturated carbocycles. The van der Waals surface area contributed by atoms with E-state index in [1.165, 1.54) is 13.2 Å². The zero-order chi connectivity index (χ0) is 22.2. The van der Waals surface area contributed by atoms with Gasteiger partial charge in [0.2, 0.25) is 15.9 Å². The van der Waals surface area contributed by atoms with Gasteiger partial charge in [0, 0.05) is 35.9 Å². The maximum absolute atomic E-state index is 13.5. The number of para-hydroxylation sites is 1. The monoisotopic (exact) mass is 463 g/mol. The van der Waals surface area contributed by atoms with Crippen LogP contribution in [0.5, 0.6) is 5.75 Å². The highest BCUT2D eigenvalue weighted by molar-refractivity contribution is 7.89. The molecule has 2 aliphatic heterocycles. The number of halogens is 1. The molecule has 0 radical (unpaired) electrons. The van der Waals surface area contributed by atoms with Crippen molar-refractivity contribution in [3.63, 3.8) is 0 Å². The lowest BCUT2D eigenvalue weighted by atomic mass is 10.2. The molecule has 7 nitrogen and oxygen atoms in total. The second kappa shape index (κ2) is 8.78. The average Bonchev–Trinajstić information content (AvgIpc) is 3.02. The van der Waals surface area contributed by atoms with Crippen LogP contribution in [0, 0.1) is 6.92 Å². The van der Waals surface area contributed by atoms with E-state index in [1.807, 2.05) is 36.1 Å². The SMILES string of the molecule is COc1ccc(Cl)cc1S(=O)(=O)N1C2CCC1CN(CC(=O)Nc1ccccc1C)C2. The van der Waals surface area contributed by atoms with Gasteiger partial charge in [0.25, 0.3) is 0 Å². The molecule has 2 fully saturated rings. The Hall–Kier alpha value is -2.13. The fourth-order valence-electron chi connectivity index (χ4n) is 4.54. The lowest BCUT2D eigenvalue weighted by Gasteiger charge is -2.39. The molecule has 9 heteroatoms. The number of fused-ring (bicyclic) bond motifs is 2. The Morgan fingerprint density at radius 1 is 1.16 bits per heavy atom. The van der Waals surface area contributed by atoms with E-state index in [9.17, 15) is 13.2 Å². The topological polar surface area (TPSA) is 79.0 Å². The zero-order valence-electron chi connectivity index (χ0n) is 17.5. The Morgan fingerprint density at radius 3 is 2.48 bits per heavy atom. The molecule has 2 aromatic carbocycles. The average molecular weight is 464 g/mol. The number of nitrogens with one attached hydrogen (secondary N) is 1. The fraction of sp³-hybridized carbons (Fsp3) is 0.409. The Balaban J connectivity index is 1.48. The van der Waals surface area contributed by atoms with Crippen molar-refractivity contribution < 1.29 is 17.9 Å². The number of likely N-dealkylation sites (tertiary alicyclic amines) is 1. The first-order valence-corrected chi connectivity index (χ1v) is 12.1. The first-order chi connectivity index (χ1) is 14.8. The summed E-state index contributed by atoms with van der Waals surface area (Å²) >= 11 is 6.07. The number of amides is 1. The number of anilines is 1. The van der Waals surface area contributed by atoms with Gasteiger partial charge in [-0.2, -0.15) is 4.31 Å². The molecule has 2 aliphatic rings. The van der Waals surface area contributed by atoms with E-state index in [0.29, 0.717) is 18.1 Å². The minimum atomic E-state index is -3.77. The number of methoxy groups -OCH3 is 1. The number of rotatable bonds is 6. The minimum Gasteiger partial charge on any atom is -0.495 e. The van der Waals surface area contributed by atoms with Gasteiger partial charge in [0.05, 0.1) is 13.7 Å². The minimum absolute atomic E-state index is 0.0881. The molecule has 166 valence electrons. The molecule has 0 aromatic heterocycles. The van der Waals surface area contributed by atoms with E-state index in [0.717, 1.165) is 24.1 Å². The number of ether oxygens (including phenoxy) is 1. The molecule has 4 rings (SSSR count). The molecular weight excluding hydrogens is 438 g/mol. The molecule has 0 aliphatic carbocycles. The molecule has 2 heterocycles. The van der Waals surface area contributed by atoms with E-state index < -0.39 is 10.0 Å². The quantitative estimate of drug-likeness (QED) is 0.712. The smallest absolute Gasteiger partial charge is 0.247 e. The van der Waals surface area contributed by atoms with E-state index >= 15 is 0 Å². The van der Waals surface area contributed by atoms with Crippen LogP contribution in [0.2, 0.25) is 5.02 Å². The van der Waals surface area contributed by atoms with Crippen LogP contribution in [0.3, 0.4) is 0 Å². The van der Waals surface area contributed by atoms with E-state index in [2.05, 4.69) is 5.32 Å². The Bertz CT molecular complexity index is 1080. The van der Waals surface area contributed by atoms with Crippen molar-refractivity contribution in [3.05, 3.63) is 53.1 Å². The molecule has 0 spiro atoms. The molecule has 31 heavy (non-hydrogen) atoms. The standard InChI is InChI=1S/C22H26ClN3O4S/c1-15-5-3-4-6-19(15)24-22(27)14-25-12-17-8-9-18(13-25)26(17)31(28,29)21-11-16(23)7-10-20(21)30-2/h3-7,10-11,17-18H,8-9,12-14H2,1-2H3,(H,24,27). The van der Waals surface area contributed by atoms with Crippen molar-refractivity contribution in [2.24, 2.45) is 0 Å². The van der Waals surface area contributed by atoms with Crippen LogP contribution < -0.4 is 10.1 Å². The number of hydrogen-bond acceptors (Lipinski definition) is 5. The Kier molecular flexibility index (Phi) is 6.25. The summed E-state index contributed by atoms with van der Waals surface area (Å²) in [5.74, 6) is 0.186. The lowest BCUT2D eigenvalue weighted by molar-refractivity contribution is -0.117. The third kappa shape index (κ3) is 4.43. The Labute approximate surface area is 188 Å². The second-order valence-corrected chi connectivity index (χ2v) is 10.3. The third-order valence-corrected chi connectivity index (χ3v) is 8.22. The molecule has 1 N–H and O–H groups in total. The predicted molar refractivity (Wildman–Crippen MR) is 120 cm³/mol. The summed E-state index contributed by atoms with van der Waals surface area (Å²) in [5, 5.41) is 3.30. The fourth-order valence-corrected chi connectivity index (χ4v) is 6.82. The second-order valence-electron chi connectivity index (χ2n) is 8.07. The number of hydrogen-bond donors (Lipinski definition) is 1. The number of carbonyl (C=O) groups excluding carboxylic acids is 1. The van der Waals surface area contributed by atoms with Gasteiger partial charge in [-0.05, 0) is 49.6 Å². The van der Waals surface area contributed by atoms with E-state index in [1.54, 1.807) is 16.4 Å². The molecule has 1 amide bonds. The van der Waals surface area contributed by atoms with Gasteiger partial charge in [0.15, 0.2) is 0 Å². The van der Waals surface area contributed by atoms with Gasteiger partial charge in [-0.25, -0.2) is 8.42 Å². The van der Waals surface area contributed by atoms with Gasteiger partial charge in [-0.3, -0.25) is 9.69 Å². The zero-order valence-corrected chi connectivity index (χ0v) is 19.1. The molecule has 2 unspecified atom stereocenters. The number of aryl methyl sites for hydroxylation is 1. The number of piperazine rings is 1. The van der Waals surface area contributed by atoms with Gasteiger partial charge >= 0.3 is 0 Å². The maximum Gasteiger partial charge on any atom is 0.247 e. The molecular formula is C22H26ClN3O4S. The van der Waals surface area contributed by atoms with Crippen LogP contribution in [0.4, 0.5) is 5.69 Å². The van der Waals surface area contributed by atoms with Crippen molar-refractivity contribution in [3.8, 4) is 5.75 Å². The van der Waals surface area contributed by atoms with Crippen LogP contribution in [0.1, 0.15) is 18.4 Å². The summed E-state index contributed by atoms with van der Waals surface area (Å²) in [6.07, 6.45) is 1.53. The highest BCUT2D eigenvalue weighted by Crippen LogP contribution is 2.38. The van der Waals surface area contributed by atoms with Gasteiger partial charge < -0.3 is 10.1 Å². The summed E-state index contributed by atoms with van der Waals surface area (Å²) in [6, 6.07) is 11.9. The van der Waals surface area contributed by atoms with Crippen LogP contribution in [0.25, 0.3) is 0 Å². The van der Waals surface area contributed by atoms with Crippen molar-refractivity contribution in [2.75, 3.05) is 32.1 Å². The van der Waals surface area contributed by atoms with Crippen LogP contribution in [-0.4, -0.2) is 62.4 Å². The van der Waals surface area contributed by atoms with Gasteiger partial charge in [0.1, 0.15) is 10.6 Å². The van der Waals surface area contributed by atoms with E-state index in [4.69, 9.17) is 16.3 Å². The van der Waals surface area contributed by atoms with E-state index in [-0.39, 0.29) is 35.2 Å². The number of nitrogens with zero attached hydrogens (tertiary/aromatic N) is 2. The number of sulfonamides is 1. The van der Waals surface area contributed by atoms with Crippen molar-refractivity contribution >= 4 is 33.2 Å². The van der Waals surface area contributed by atoms with Crippen molar-refractivity contribution in [1.82, 2.24) is 9.21 Å². The Morgan fingerprint density at radius 2 is 1.84 bits per heavy atom. The lowest BCUT2D eigenvalue weighted by Crippen LogP contribution is -2.56. The largest absolute Gasteiger partial charge is 0.495 e. The first-order valence-electron chi connectivity index (χ1n) is 10.2. The molecule has 2 atom stereocenters. The summed E-state index contributed by atoms with van der Waals surface area (Å²) in [7, 11) is -2.33. The predicted octanol–water partition coefficient (Wildman–Crippen LogP) is 3.13. The first kappa shape index (κ1) is 22.1. The van der Waals surface area contributed by atoms with Crippen molar-refractivity contribution in [2.45, 2.75) is 36.7 Å². The molecule has 2 bridgehead atoms. The van der Waals surface area contributed by atoms with Gasteiger partial charge in [-0.1, -0.05) is 29.8 Å².